The van der Waals surface area contributed by atoms with Gasteiger partial charge >= 0.3 is 0 Å². The molecule has 0 amide bonds. The number of nitrogens with two attached hydrogens (primary N) is 1. The van der Waals surface area contributed by atoms with E-state index in [0.29, 0.717) is 16.8 Å². The zero-order valence-corrected chi connectivity index (χ0v) is 6.83. The second kappa shape index (κ2) is 3.24. The third-order valence-electron chi connectivity index (χ3n) is 1.85. The first-order valence-electron chi connectivity index (χ1n) is 3.59. The van der Waals surface area contributed by atoms with E-state index in [9.17, 15) is 0 Å². The molecule has 0 radical (unpaired) electrons. The van der Waals surface area contributed by atoms with E-state index in [-0.39, 0.29) is 6.61 Å². The molecule has 0 saturated heterocycles. The summed E-state index contributed by atoms with van der Waals surface area (Å²) in [6, 6.07) is 5.23. The molecule has 0 heterocycles. The molecule has 0 atom stereocenters. The van der Waals surface area contributed by atoms with Crippen molar-refractivity contribution in [2.75, 3.05) is 5.73 Å². The Labute approximate surface area is 71.1 Å². The molecule has 3 N–H and O–H groups in total. The number of nitrogens with zero attached hydrogens (tertiary/aromatic N) is 1. The molecule has 1 rings (SSSR count). The molecule has 3 nitrogen and oxygen atoms in total. The largest absolute Gasteiger partial charge is 0.398 e. The van der Waals surface area contributed by atoms with Crippen LogP contribution in [0.25, 0.3) is 0 Å². The topological polar surface area (TPSA) is 70.0 Å². The highest BCUT2D eigenvalue weighted by Gasteiger charge is 2.02. The number of anilines is 1. The van der Waals surface area contributed by atoms with E-state index < -0.39 is 0 Å². The third kappa shape index (κ3) is 1.39. The fraction of sp³-hybridized carbons (Fsp3) is 0.222. The highest BCUT2D eigenvalue weighted by atomic mass is 16.3. The number of aliphatic hydroxyl groups excluding tert-OH is 1. The quantitative estimate of drug-likeness (QED) is 0.604. The van der Waals surface area contributed by atoms with Gasteiger partial charge in [-0.3, -0.25) is 0 Å². The Morgan fingerprint density at radius 1 is 1.58 bits per heavy atom. The van der Waals surface area contributed by atoms with Crippen LogP contribution >= 0.6 is 0 Å². The molecule has 1 aromatic rings. The number of hydrogen-bond acceptors (Lipinski definition) is 3. The number of hydrogen-bond donors (Lipinski definition) is 2. The molecule has 0 bridgehead atoms. The van der Waals surface area contributed by atoms with E-state index in [2.05, 4.69) is 0 Å². The van der Waals surface area contributed by atoms with Crippen molar-refractivity contribution in [2.45, 2.75) is 13.5 Å². The molecule has 0 aliphatic heterocycles. The van der Waals surface area contributed by atoms with E-state index in [0.717, 1.165) is 5.56 Å². The number of aliphatic hydroxyl groups is 1. The summed E-state index contributed by atoms with van der Waals surface area (Å²) in [4.78, 5) is 0. The summed E-state index contributed by atoms with van der Waals surface area (Å²) < 4.78 is 0. The van der Waals surface area contributed by atoms with Crippen molar-refractivity contribution >= 4 is 5.69 Å². The third-order valence-corrected chi connectivity index (χ3v) is 1.85. The number of benzene rings is 1. The summed E-state index contributed by atoms with van der Waals surface area (Å²) in [5.41, 5.74) is 8.21. The Kier molecular flexibility index (Phi) is 2.32. The van der Waals surface area contributed by atoms with Crippen LogP contribution in [-0.2, 0) is 6.61 Å². The Balaban J connectivity index is 3.31. The first kappa shape index (κ1) is 8.57. The van der Waals surface area contributed by atoms with E-state index in [1.165, 1.54) is 0 Å². The molecular weight excluding hydrogens is 152 g/mol. The van der Waals surface area contributed by atoms with Crippen LogP contribution in [0.1, 0.15) is 16.7 Å². The predicted octanol–water partition coefficient (Wildman–Crippen LogP) is 0.941. The maximum absolute atomic E-state index is 8.90. The van der Waals surface area contributed by atoms with Gasteiger partial charge in [-0.05, 0) is 30.2 Å². The molecule has 0 aliphatic carbocycles. The Hall–Kier alpha value is -1.53. The van der Waals surface area contributed by atoms with Gasteiger partial charge in [-0.2, -0.15) is 5.26 Å². The zero-order valence-electron chi connectivity index (χ0n) is 6.83. The fourth-order valence-corrected chi connectivity index (χ4v) is 1.03. The van der Waals surface area contributed by atoms with Crippen molar-refractivity contribution in [2.24, 2.45) is 0 Å². The van der Waals surface area contributed by atoms with Crippen molar-refractivity contribution < 1.29 is 5.11 Å². The van der Waals surface area contributed by atoms with Crippen LogP contribution in [-0.4, -0.2) is 5.11 Å². The predicted molar refractivity (Wildman–Crippen MR) is 46.2 cm³/mol. The maximum Gasteiger partial charge on any atom is 0.0992 e. The lowest BCUT2D eigenvalue weighted by molar-refractivity contribution is 0.281. The molecule has 0 fully saturated rings. The normalized spacial score (nSPS) is 9.42. The fourth-order valence-electron chi connectivity index (χ4n) is 1.03. The van der Waals surface area contributed by atoms with Crippen molar-refractivity contribution in [3.63, 3.8) is 0 Å². The second-order valence-electron chi connectivity index (χ2n) is 2.62. The van der Waals surface area contributed by atoms with Gasteiger partial charge < -0.3 is 10.8 Å². The molecule has 62 valence electrons. The summed E-state index contributed by atoms with van der Waals surface area (Å²) in [5.74, 6) is 0. The molecular formula is C9H10N2O. The first-order chi connectivity index (χ1) is 5.69. The van der Waals surface area contributed by atoms with Crippen LogP contribution in [0, 0.1) is 18.3 Å². The summed E-state index contributed by atoms with van der Waals surface area (Å²) in [5, 5.41) is 17.5. The van der Waals surface area contributed by atoms with Gasteiger partial charge in [0.1, 0.15) is 0 Å². The lowest BCUT2D eigenvalue weighted by Crippen LogP contribution is -1.97. The summed E-state index contributed by atoms with van der Waals surface area (Å²) in [6.07, 6.45) is 0. The van der Waals surface area contributed by atoms with Crippen molar-refractivity contribution in [1.82, 2.24) is 0 Å². The van der Waals surface area contributed by atoms with E-state index in [4.69, 9.17) is 16.1 Å². The molecule has 0 unspecified atom stereocenters. The molecule has 0 spiro atoms. The standard InChI is InChI=1S/C9H10N2O/c1-6-8(5-12)2-7(4-10)3-9(6)11/h2-3,12H,5,11H2,1H3. The van der Waals surface area contributed by atoms with Gasteiger partial charge in [0, 0.05) is 5.69 Å². The van der Waals surface area contributed by atoms with Crippen molar-refractivity contribution in [3.05, 3.63) is 28.8 Å². The Bertz CT molecular complexity index is 339. The number of nitriles is 1. The smallest absolute Gasteiger partial charge is 0.0992 e. The molecule has 0 aliphatic rings. The van der Waals surface area contributed by atoms with Gasteiger partial charge in [0.2, 0.25) is 0 Å². The Morgan fingerprint density at radius 3 is 2.75 bits per heavy atom. The lowest BCUT2D eigenvalue weighted by atomic mass is 10.0. The van der Waals surface area contributed by atoms with Gasteiger partial charge in [-0.1, -0.05) is 0 Å². The van der Waals surface area contributed by atoms with E-state index >= 15 is 0 Å². The minimum Gasteiger partial charge on any atom is -0.398 e. The second-order valence-corrected chi connectivity index (χ2v) is 2.62. The molecule has 3 heteroatoms. The summed E-state index contributed by atoms with van der Waals surface area (Å²) in [6.45, 7) is 1.74. The maximum atomic E-state index is 8.90. The zero-order chi connectivity index (χ0) is 9.14. The monoisotopic (exact) mass is 162 g/mol. The van der Waals surface area contributed by atoms with Crippen LogP contribution in [0.2, 0.25) is 0 Å². The average molecular weight is 162 g/mol. The molecule has 0 aromatic heterocycles. The lowest BCUT2D eigenvalue weighted by Gasteiger charge is -2.05. The van der Waals surface area contributed by atoms with Gasteiger partial charge in [-0.15, -0.1) is 0 Å². The highest BCUT2D eigenvalue weighted by Crippen LogP contribution is 2.18. The van der Waals surface area contributed by atoms with Crippen LogP contribution in [0.4, 0.5) is 5.69 Å². The van der Waals surface area contributed by atoms with Gasteiger partial charge in [-0.25, -0.2) is 0 Å². The molecule has 0 saturated carbocycles. The SMILES string of the molecule is Cc1c(N)cc(C#N)cc1CO. The summed E-state index contributed by atoms with van der Waals surface area (Å²) >= 11 is 0. The minimum absolute atomic E-state index is 0.0778. The van der Waals surface area contributed by atoms with Crippen LogP contribution in [0.15, 0.2) is 12.1 Å². The van der Waals surface area contributed by atoms with E-state index in [1.807, 2.05) is 13.0 Å². The summed E-state index contributed by atoms with van der Waals surface area (Å²) in [7, 11) is 0. The van der Waals surface area contributed by atoms with Crippen LogP contribution < -0.4 is 5.73 Å². The number of nitrogen functional groups attached to an aromatic ring is 1. The number of rotatable bonds is 1. The Morgan fingerprint density at radius 2 is 2.25 bits per heavy atom. The first-order valence-corrected chi connectivity index (χ1v) is 3.59. The van der Waals surface area contributed by atoms with Crippen molar-refractivity contribution in [3.8, 4) is 6.07 Å². The highest BCUT2D eigenvalue weighted by molar-refractivity contribution is 5.55. The van der Waals surface area contributed by atoms with Crippen molar-refractivity contribution in [1.29, 1.82) is 5.26 Å². The van der Waals surface area contributed by atoms with Gasteiger partial charge in [0.25, 0.3) is 0 Å². The average Bonchev–Trinajstić information content (AvgIpc) is 2.09. The van der Waals surface area contributed by atoms with Gasteiger partial charge in [0.05, 0.1) is 18.2 Å². The van der Waals surface area contributed by atoms with E-state index in [1.54, 1.807) is 12.1 Å². The minimum atomic E-state index is -0.0778. The van der Waals surface area contributed by atoms with Gasteiger partial charge in [0.15, 0.2) is 0 Å². The molecule has 12 heavy (non-hydrogen) atoms. The van der Waals surface area contributed by atoms with Crippen LogP contribution in [0.3, 0.4) is 0 Å². The van der Waals surface area contributed by atoms with Crippen LogP contribution in [0.5, 0.6) is 0 Å². The molecule has 1 aromatic carbocycles.